The Hall–Kier alpha value is -1.06. The van der Waals surface area contributed by atoms with Crippen molar-refractivity contribution >= 4 is 0 Å². The average molecular weight is 278 g/mol. The lowest BCUT2D eigenvalue weighted by atomic mass is 10.0. The molecule has 1 unspecified atom stereocenters. The van der Waals surface area contributed by atoms with Crippen LogP contribution in [0.5, 0.6) is 5.75 Å². The fourth-order valence-electron chi connectivity index (χ4n) is 2.69. The molecule has 0 spiro atoms. The zero-order valence-electron chi connectivity index (χ0n) is 13.4. The lowest BCUT2D eigenvalue weighted by molar-refractivity contribution is 0.167. The van der Waals surface area contributed by atoms with Gasteiger partial charge >= 0.3 is 0 Å². The molecule has 1 aromatic carbocycles. The summed E-state index contributed by atoms with van der Waals surface area (Å²) >= 11 is 0. The first-order chi connectivity index (χ1) is 9.67. The van der Waals surface area contributed by atoms with Crippen molar-refractivity contribution in [1.29, 1.82) is 0 Å². The van der Waals surface area contributed by atoms with Gasteiger partial charge in [0, 0.05) is 18.6 Å². The molecule has 0 radical (unpaired) electrons. The maximum absolute atomic E-state index is 6.02. The van der Waals surface area contributed by atoms with Gasteiger partial charge in [0.05, 0.1) is 6.61 Å². The van der Waals surface area contributed by atoms with Gasteiger partial charge in [0.2, 0.25) is 0 Å². The molecule has 0 fully saturated rings. The lowest BCUT2D eigenvalue weighted by Gasteiger charge is -2.34. The summed E-state index contributed by atoms with van der Waals surface area (Å²) in [5, 5.41) is 0. The molecule has 3 nitrogen and oxygen atoms in total. The van der Waals surface area contributed by atoms with Crippen LogP contribution < -0.4 is 10.5 Å². The van der Waals surface area contributed by atoms with E-state index in [9.17, 15) is 0 Å². The monoisotopic (exact) mass is 278 g/mol. The van der Waals surface area contributed by atoms with Crippen LogP contribution in [0, 0.1) is 0 Å². The van der Waals surface area contributed by atoms with Gasteiger partial charge in [0.1, 0.15) is 5.75 Å². The minimum absolute atomic E-state index is 0.255. The van der Waals surface area contributed by atoms with E-state index in [2.05, 4.69) is 50.9 Å². The molecule has 0 aliphatic carbocycles. The number of nitrogens with two attached hydrogens (primary N) is 1. The predicted molar refractivity (Wildman–Crippen MR) is 86.2 cm³/mol. The summed E-state index contributed by atoms with van der Waals surface area (Å²) in [5.41, 5.74) is 7.27. The smallest absolute Gasteiger partial charge is 0.119 e. The van der Waals surface area contributed by atoms with E-state index < -0.39 is 0 Å². The molecule has 0 bridgehead atoms. The van der Waals surface area contributed by atoms with Crippen LogP contribution in [0.4, 0.5) is 0 Å². The molecule has 0 aliphatic rings. The van der Waals surface area contributed by atoms with Crippen molar-refractivity contribution < 1.29 is 4.74 Å². The first kappa shape index (κ1) is 17.0. The fourth-order valence-corrected chi connectivity index (χ4v) is 2.69. The molecule has 3 heteroatoms. The third-order valence-corrected chi connectivity index (χ3v) is 3.95. The van der Waals surface area contributed by atoms with Gasteiger partial charge in [-0.2, -0.15) is 0 Å². The predicted octanol–water partition coefficient (Wildman–Crippen LogP) is 3.60. The van der Waals surface area contributed by atoms with Crippen molar-refractivity contribution in [3.8, 4) is 5.75 Å². The topological polar surface area (TPSA) is 38.5 Å². The number of hydrogen-bond acceptors (Lipinski definition) is 3. The summed E-state index contributed by atoms with van der Waals surface area (Å²) in [6, 6.07) is 9.18. The number of ether oxygens (including phenoxy) is 1. The van der Waals surface area contributed by atoms with Gasteiger partial charge in [-0.1, -0.05) is 32.9 Å². The lowest BCUT2D eigenvalue weighted by Crippen LogP contribution is -2.38. The Morgan fingerprint density at radius 1 is 1.20 bits per heavy atom. The normalized spacial score (nSPS) is 12.9. The highest BCUT2D eigenvalue weighted by Gasteiger charge is 2.21. The molecular weight excluding hydrogens is 248 g/mol. The average Bonchev–Trinajstić information content (AvgIpc) is 2.47. The third-order valence-electron chi connectivity index (χ3n) is 3.95. The van der Waals surface area contributed by atoms with Gasteiger partial charge in [-0.3, -0.25) is 4.90 Å². The largest absolute Gasteiger partial charge is 0.494 e. The maximum atomic E-state index is 6.02. The van der Waals surface area contributed by atoms with E-state index in [1.165, 1.54) is 5.56 Å². The molecule has 0 aliphatic heterocycles. The van der Waals surface area contributed by atoms with E-state index in [4.69, 9.17) is 10.5 Å². The van der Waals surface area contributed by atoms with Crippen LogP contribution in [0.25, 0.3) is 0 Å². The molecule has 1 atom stereocenters. The van der Waals surface area contributed by atoms with E-state index in [0.29, 0.717) is 12.6 Å². The molecular formula is C17H30N2O. The van der Waals surface area contributed by atoms with Crippen LogP contribution in [-0.4, -0.2) is 31.1 Å². The number of hydrogen-bond donors (Lipinski definition) is 1. The van der Waals surface area contributed by atoms with Crippen molar-refractivity contribution in [2.75, 3.05) is 20.2 Å². The van der Waals surface area contributed by atoms with Gasteiger partial charge < -0.3 is 10.5 Å². The van der Waals surface area contributed by atoms with E-state index in [1.807, 2.05) is 6.07 Å². The Morgan fingerprint density at radius 2 is 1.90 bits per heavy atom. The maximum Gasteiger partial charge on any atom is 0.119 e. The quantitative estimate of drug-likeness (QED) is 0.750. The molecule has 0 amide bonds. The molecule has 0 heterocycles. The standard InChI is InChI=1S/C17H30N2O/c1-5-11-20-16-10-8-9-14(12-16)17(13-18)19(4)15(6-2)7-3/h8-10,12,15,17H,5-7,11,13,18H2,1-4H3. The molecule has 20 heavy (non-hydrogen) atoms. The van der Waals surface area contributed by atoms with Crippen LogP contribution >= 0.6 is 0 Å². The Kier molecular flexibility index (Phi) is 7.63. The highest BCUT2D eigenvalue weighted by Crippen LogP contribution is 2.25. The van der Waals surface area contributed by atoms with Crippen molar-refractivity contribution in [3.63, 3.8) is 0 Å². The van der Waals surface area contributed by atoms with Gasteiger partial charge in [-0.05, 0) is 44.0 Å². The molecule has 1 aromatic rings. The van der Waals surface area contributed by atoms with Crippen LogP contribution in [-0.2, 0) is 0 Å². The highest BCUT2D eigenvalue weighted by molar-refractivity contribution is 5.31. The van der Waals surface area contributed by atoms with Gasteiger partial charge in [-0.15, -0.1) is 0 Å². The van der Waals surface area contributed by atoms with Crippen LogP contribution in [0.2, 0.25) is 0 Å². The number of rotatable bonds is 9. The summed E-state index contributed by atoms with van der Waals surface area (Å²) in [5.74, 6) is 0.945. The summed E-state index contributed by atoms with van der Waals surface area (Å²) in [4.78, 5) is 2.40. The first-order valence-corrected chi connectivity index (χ1v) is 7.82. The van der Waals surface area contributed by atoms with Gasteiger partial charge in [-0.25, -0.2) is 0 Å². The Morgan fingerprint density at radius 3 is 2.45 bits per heavy atom. The fraction of sp³-hybridized carbons (Fsp3) is 0.647. The highest BCUT2D eigenvalue weighted by atomic mass is 16.5. The SMILES string of the molecule is CCCOc1cccc(C(CN)N(C)C(CC)CC)c1. The number of nitrogens with zero attached hydrogens (tertiary/aromatic N) is 1. The molecule has 2 N–H and O–H groups in total. The summed E-state index contributed by atoms with van der Waals surface area (Å²) in [7, 11) is 2.18. The minimum atomic E-state index is 0.255. The van der Waals surface area contributed by atoms with Crippen LogP contribution in [0.15, 0.2) is 24.3 Å². The van der Waals surface area contributed by atoms with E-state index >= 15 is 0 Å². The van der Waals surface area contributed by atoms with Crippen molar-refractivity contribution in [1.82, 2.24) is 4.90 Å². The molecule has 114 valence electrons. The van der Waals surface area contributed by atoms with Crippen LogP contribution in [0.3, 0.4) is 0 Å². The molecule has 1 rings (SSSR count). The number of likely N-dealkylation sites (N-methyl/N-ethyl adjacent to an activating group) is 1. The molecule has 0 saturated carbocycles. The molecule has 0 saturated heterocycles. The zero-order chi connectivity index (χ0) is 15.0. The second-order valence-electron chi connectivity index (χ2n) is 5.31. The summed E-state index contributed by atoms with van der Waals surface area (Å²) in [6.45, 7) is 7.98. The minimum Gasteiger partial charge on any atom is -0.494 e. The van der Waals surface area contributed by atoms with Crippen molar-refractivity contribution in [3.05, 3.63) is 29.8 Å². The van der Waals surface area contributed by atoms with Crippen molar-refractivity contribution in [2.24, 2.45) is 5.73 Å². The summed E-state index contributed by atoms with van der Waals surface area (Å²) in [6.07, 6.45) is 3.32. The zero-order valence-corrected chi connectivity index (χ0v) is 13.4. The van der Waals surface area contributed by atoms with E-state index in [-0.39, 0.29) is 6.04 Å². The molecule has 0 aromatic heterocycles. The second-order valence-corrected chi connectivity index (χ2v) is 5.31. The number of benzene rings is 1. The first-order valence-electron chi connectivity index (χ1n) is 7.82. The van der Waals surface area contributed by atoms with Gasteiger partial charge in [0.15, 0.2) is 0 Å². The Balaban J connectivity index is 2.88. The van der Waals surface area contributed by atoms with E-state index in [0.717, 1.165) is 31.6 Å². The third kappa shape index (κ3) is 4.50. The Labute approximate surface area is 124 Å². The second kappa shape index (κ2) is 8.98. The summed E-state index contributed by atoms with van der Waals surface area (Å²) < 4.78 is 5.72. The Bertz CT molecular complexity index is 377. The van der Waals surface area contributed by atoms with Crippen molar-refractivity contribution in [2.45, 2.75) is 52.1 Å². The van der Waals surface area contributed by atoms with Crippen LogP contribution in [0.1, 0.15) is 51.6 Å². The van der Waals surface area contributed by atoms with Gasteiger partial charge in [0.25, 0.3) is 0 Å². The van der Waals surface area contributed by atoms with E-state index in [1.54, 1.807) is 0 Å².